The maximum atomic E-state index is 5.91. The van der Waals surface area contributed by atoms with Crippen molar-refractivity contribution in [3.8, 4) is 0 Å². The van der Waals surface area contributed by atoms with Crippen molar-refractivity contribution in [2.45, 2.75) is 25.7 Å². The molecule has 1 aliphatic carbocycles. The van der Waals surface area contributed by atoms with Gasteiger partial charge in [0.25, 0.3) is 0 Å². The third kappa shape index (κ3) is 1.23. The minimum Gasteiger partial charge on any atom is -0.241 e. The van der Waals surface area contributed by atoms with Gasteiger partial charge in [-0.2, -0.15) is 0 Å². The summed E-state index contributed by atoms with van der Waals surface area (Å²) in [6.45, 7) is 1.99. The summed E-state index contributed by atoms with van der Waals surface area (Å²) in [4.78, 5) is 8.06. The summed E-state index contributed by atoms with van der Waals surface area (Å²) in [5.74, 6) is 0.642. The van der Waals surface area contributed by atoms with E-state index in [4.69, 9.17) is 11.6 Å². The molecule has 0 aromatic carbocycles. The Kier molecular flexibility index (Phi) is 1.57. The number of aryl methyl sites for hydroxylation is 1. The van der Waals surface area contributed by atoms with Crippen LogP contribution in [0.1, 0.15) is 30.0 Å². The first-order valence-electron chi connectivity index (χ1n) is 3.76. The largest absolute Gasteiger partial charge is 0.241 e. The van der Waals surface area contributed by atoms with Crippen molar-refractivity contribution >= 4 is 11.6 Å². The zero-order chi connectivity index (χ0) is 7.84. The van der Waals surface area contributed by atoms with E-state index < -0.39 is 0 Å². The Morgan fingerprint density at radius 1 is 1.45 bits per heavy atom. The Balaban J connectivity index is 2.48. The van der Waals surface area contributed by atoms with Crippen LogP contribution < -0.4 is 0 Å². The first-order valence-corrected chi connectivity index (χ1v) is 4.14. The molecule has 3 heteroatoms. The highest BCUT2D eigenvalue weighted by molar-refractivity contribution is 6.30. The Labute approximate surface area is 70.6 Å². The first kappa shape index (κ1) is 7.04. The SMILES string of the molecule is Cc1ncnc(Cl)c1C1CC1. The molecule has 0 radical (unpaired) electrons. The van der Waals surface area contributed by atoms with Crippen LogP contribution in [0.4, 0.5) is 0 Å². The topological polar surface area (TPSA) is 25.8 Å². The zero-order valence-electron chi connectivity index (χ0n) is 6.34. The highest BCUT2D eigenvalue weighted by Gasteiger charge is 2.28. The molecule has 1 fully saturated rings. The van der Waals surface area contributed by atoms with E-state index in [9.17, 15) is 0 Å². The molecule has 1 aromatic heterocycles. The van der Waals surface area contributed by atoms with Gasteiger partial charge in [-0.25, -0.2) is 9.97 Å². The smallest absolute Gasteiger partial charge is 0.136 e. The molecule has 1 saturated carbocycles. The molecule has 0 bridgehead atoms. The van der Waals surface area contributed by atoms with Crippen LogP contribution in [-0.4, -0.2) is 9.97 Å². The fourth-order valence-electron chi connectivity index (χ4n) is 1.29. The number of halogens is 1. The van der Waals surface area contributed by atoms with Gasteiger partial charge < -0.3 is 0 Å². The van der Waals surface area contributed by atoms with E-state index in [1.54, 1.807) is 0 Å². The van der Waals surface area contributed by atoms with Crippen molar-refractivity contribution in [1.82, 2.24) is 9.97 Å². The molecule has 2 nitrogen and oxygen atoms in total. The Morgan fingerprint density at radius 3 is 2.73 bits per heavy atom. The van der Waals surface area contributed by atoms with Crippen molar-refractivity contribution in [3.63, 3.8) is 0 Å². The number of hydrogen-bond donors (Lipinski definition) is 0. The second-order valence-electron chi connectivity index (χ2n) is 2.94. The molecule has 58 valence electrons. The predicted molar refractivity (Wildman–Crippen MR) is 43.8 cm³/mol. The Bertz CT molecular complexity index is 261. The van der Waals surface area contributed by atoms with Crippen molar-refractivity contribution in [1.29, 1.82) is 0 Å². The summed E-state index contributed by atoms with van der Waals surface area (Å²) in [6.07, 6.45) is 4.01. The second-order valence-corrected chi connectivity index (χ2v) is 3.30. The van der Waals surface area contributed by atoms with Gasteiger partial charge in [-0.3, -0.25) is 0 Å². The molecule has 1 aromatic rings. The van der Waals surface area contributed by atoms with E-state index in [0.717, 1.165) is 11.3 Å². The molecule has 0 aliphatic heterocycles. The van der Waals surface area contributed by atoms with E-state index in [2.05, 4.69) is 9.97 Å². The summed E-state index contributed by atoms with van der Waals surface area (Å²) < 4.78 is 0. The molecule has 0 unspecified atom stereocenters. The van der Waals surface area contributed by atoms with Crippen molar-refractivity contribution in [2.75, 3.05) is 0 Å². The maximum absolute atomic E-state index is 5.91. The molecule has 0 saturated heterocycles. The van der Waals surface area contributed by atoms with E-state index in [0.29, 0.717) is 11.1 Å². The van der Waals surface area contributed by atoms with Gasteiger partial charge in [-0.05, 0) is 25.7 Å². The van der Waals surface area contributed by atoms with Crippen LogP contribution in [0.5, 0.6) is 0 Å². The monoisotopic (exact) mass is 168 g/mol. The predicted octanol–water partition coefficient (Wildman–Crippen LogP) is 2.32. The fourth-order valence-corrected chi connectivity index (χ4v) is 1.63. The molecule has 0 spiro atoms. The van der Waals surface area contributed by atoms with Crippen LogP contribution in [0.25, 0.3) is 0 Å². The molecule has 11 heavy (non-hydrogen) atoms. The van der Waals surface area contributed by atoms with Gasteiger partial charge in [0.15, 0.2) is 0 Å². The average molecular weight is 169 g/mol. The number of nitrogens with zero attached hydrogens (tertiary/aromatic N) is 2. The van der Waals surface area contributed by atoms with Gasteiger partial charge >= 0.3 is 0 Å². The van der Waals surface area contributed by atoms with Crippen LogP contribution in [0.2, 0.25) is 5.15 Å². The van der Waals surface area contributed by atoms with E-state index in [1.165, 1.54) is 19.2 Å². The minimum atomic E-state index is 0.639. The van der Waals surface area contributed by atoms with Crippen LogP contribution >= 0.6 is 11.6 Å². The molecular formula is C8H9ClN2. The van der Waals surface area contributed by atoms with Gasteiger partial charge in [-0.1, -0.05) is 11.6 Å². The van der Waals surface area contributed by atoms with Crippen molar-refractivity contribution in [2.24, 2.45) is 0 Å². The van der Waals surface area contributed by atoms with Crippen LogP contribution in [0.15, 0.2) is 6.33 Å². The normalized spacial score (nSPS) is 16.9. The molecule has 1 heterocycles. The van der Waals surface area contributed by atoms with Crippen LogP contribution in [0, 0.1) is 6.92 Å². The standard InChI is InChI=1S/C8H9ClN2/c1-5-7(6-2-3-6)8(9)11-4-10-5/h4,6H,2-3H2,1H3. The summed E-state index contributed by atoms with van der Waals surface area (Å²) in [6, 6.07) is 0. The van der Waals surface area contributed by atoms with Gasteiger partial charge in [0.1, 0.15) is 11.5 Å². The van der Waals surface area contributed by atoms with Gasteiger partial charge in [-0.15, -0.1) is 0 Å². The molecule has 1 aliphatic rings. The Morgan fingerprint density at radius 2 is 2.18 bits per heavy atom. The second kappa shape index (κ2) is 2.45. The van der Waals surface area contributed by atoms with Gasteiger partial charge in [0, 0.05) is 11.3 Å². The number of rotatable bonds is 1. The zero-order valence-corrected chi connectivity index (χ0v) is 7.10. The number of aromatic nitrogens is 2. The van der Waals surface area contributed by atoms with Gasteiger partial charge in [0.05, 0.1) is 0 Å². The lowest BCUT2D eigenvalue weighted by Gasteiger charge is -2.02. The summed E-state index contributed by atoms with van der Waals surface area (Å²) in [5, 5.41) is 0.639. The number of hydrogen-bond acceptors (Lipinski definition) is 2. The maximum Gasteiger partial charge on any atom is 0.136 e. The average Bonchev–Trinajstić information content (AvgIpc) is 2.70. The fraction of sp³-hybridized carbons (Fsp3) is 0.500. The minimum absolute atomic E-state index is 0.639. The van der Waals surface area contributed by atoms with Crippen LogP contribution in [-0.2, 0) is 0 Å². The van der Waals surface area contributed by atoms with E-state index in [1.807, 2.05) is 6.92 Å². The van der Waals surface area contributed by atoms with E-state index in [-0.39, 0.29) is 0 Å². The summed E-state index contributed by atoms with van der Waals surface area (Å²) in [5.41, 5.74) is 2.20. The highest BCUT2D eigenvalue weighted by atomic mass is 35.5. The molecule has 0 amide bonds. The van der Waals surface area contributed by atoms with Gasteiger partial charge in [0.2, 0.25) is 0 Å². The third-order valence-electron chi connectivity index (χ3n) is 2.02. The van der Waals surface area contributed by atoms with Crippen molar-refractivity contribution < 1.29 is 0 Å². The van der Waals surface area contributed by atoms with E-state index >= 15 is 0 Å². The molecule has 0 atom stereocenters. The molecule has 2 rings (SSSR count). The lowest BCUT2D eigenvalue weighted by atomic mass is 10.1. The summed E-state index contributed by atoms with van der Waals surface area (Å²) >= 11 is 5.91. The lowest BCUT2D eigenvalue weighted by molar-refractivity contribution is 0.987. The molecule has 0 N–H and O–H groups in total. The first-order chi connectivity index (χ1) is 5.29. The summed E-state index contributed by atoms with van der Waals surface area (Å²) in [7, 11) is 0. The quantitative estimate of drug-likeness (QED) is 0.602. The lowest BCUT2D eigenvalue weighted by Crippen LogP contribution is -1.93. The van der Waals surface area contributed by atoms with Crippen LogP contribution in [0.3, 0.4) is 0 Å². The van der Waals surface area contributed by atoms with Crippen molar-refractivity contribution in [3.05, 3.63) is 22.7 Å². The highest BCUT2D eigenvalue weighted by Crippen LogP contribution is 2.43. The molecular weight excluding hydrogens is 160 g/mol. The Hall–Kier alpha value is -0.630. The third-order valence-corrected chi connectivity index (χ3v) is 2.32.